The highest BCUT2D eigenvalue weighted by molar-refractivity contribution is 5.84. The second-order valence-corrected chi connectivity index (χ2v) is 1.62. The van der Waals surface area contributed by atoms with E-state index < -0.39 is 0 Å². The summed E-state index contributed by atoms with van der Waals surface area (Å²) in [6.45, 7) is 0. The van der Waals surface area contributed by atoms with E-state index in [-0.39, 0.29) is 5.76 Å². The first-order valence-corrected chi connectivity index (χ1v) is 2.62. The van der Waals surface area contributed by atoms with E-state index in [9.17, 15) is 9.59 Å². The minimum absolute atomic E-state index is 0.156. The number of aldehydes is 1. The third kappa shape index (κ3) is 1.04. The number of hydrogen-bond donors (Lipinski definition) is 0. The van der Waals surface area contributed by atoms with Gasteiger partial charge in [0.15, 0.2) is 12.0 Å². The zero-order valence-corrected chi connectivity index (χ0v) is 5.03. The van der Waals surface area contributed by atoms with E-state index in [1.165, 1.54) is 12.3 Å². The average Bonchev–Trinajstić information content (AvgIpc) is 2.36. The quantitative estimate of drug-likeness (QED) is 0.449. The Balaban J connectivity index is 3.12. The van der Waals surface area contributed by atoms with Gasteiger partial charge in [-0.2, -0.15) is 0 Å². The van der Waals surface area contributed by atoms with E-state index in [1.807, 2.05) is 0 Å². The summed E-state index contributed by atoms with van der Waals surface area (Å²) >= 11 is 0. The summed E-state index contributed by atoms with van der Waals surface area (Å²) in [6, 6.07) is 1.52. The first kappa shape index (κ1) is 6.52. The van der Waals surface area contributed by atoms with Crippen molar-refractivity contribution in [1.29, 1.82) is 0 Å². The lowest BCUT2D eigenvalue weighted by Crippen LogP contribution is -1.76. The highest BCUT2D eigenvalue weighted by Crippen LogP contribution is 2.07. The number of furan rings is 1. The molecule has 3 heteroatoms. The molecule has 0 fully saturated rings. The first-order valence-electron chi connectivity index (χ1n) is 2.62. The van der Waals surface area contributed by atoms with Crippen LogP contribution >= 0.6 is 0 Å². The Morgan fingerprint density at radius 2 is 2.40 bits per heavy atom. The largest absolute Gasteiger partial charge is 0.461 e. The number of carbonyl (C=O) groups is 1. The third-order valence-corrected chi connectivity index (χ3v) is 1.05. The van der Waals surface area contributed by atoms with Crippen LogP contribution in [0.2, 0.25) is 0 Å². The lowest BCUT2D eigenvalue weighted by atomic mass is 10.2. The van der Waals surface area contributed by atoms with Gasteiger partial charge in [0, 0.05) is 11.6 Å². The van der Waals surface area contributed by atoms with Gasteiger partial charge in [-0.25, -0.2) is 4.79 Å². The lowest BCUT2D eigenvalue weighted by molar-refractivity contribution is 0.110. The molecular formula is C7H4O3. The predicted molar refractivity (Wildman–Crippen MR) is 34.3 cm³/mol. The number of rotatable bonds is 2. The molecule has 0 amide bonds. The van der Waals surface area contributed by atoms with E-state index >= 15 is 0 Å². The Morgan fingerprint density at radius 3 is 3.00 bits per heavy atom. The molecule has 0 bridgehead atoms. The van der Waals surface area contributed by atoms with Gasteiger partial charge in [-0.05, 0) is 6.07 Å². The minimum atomic E-state index is 0.156. The topological polar surface area (TPSA) is 47.3 Å². The van der Waals surface area contributed by atoms with Crippen LogP contribution in [0, 0.1) is 0 Å². The van der Waals surface area contributed by atoms with Crippen molar-refractivity contribution in [1.82, 2.24) is 0 Å². The molecular weight excluding hydrogens is 132 g/mol. The molecule has 1 aromatic heterocycles. The maximum Gasteiger partial charge on any atom is 0.185 e. The van der Waals surface area contributed by atoms with Crippen LogP contribution in [-0.4, -0.2) is 12.2 Å². The molecule has 0 saturated carbocycles. The van der Waals surface area contributed by atoms with Crippen molar-refractivity contribution in [2.75, 3.05) is 0 Å². The molecule has 0 aliphatic rings. The fraction of sp³-hybridized carbons (Fsp3) is 0. The summed E-state index contributed by atoms with van der Waals surface area (Å²) in [4.78, 5) is 19.9. The molecule has 0 aromatic carbocycles. The first-order chi connectivity index (χ1) is 4.88. The Morgan fingerprint density at radius 1 is 1.60 bits per heavy atom. The summed E-state index contributed by atoms with van der Waals surface area (Å²) < 4.78 is 4.69. The Kier molecular flexibility index (Phi) is 1.83. The summed E-state index contributed by atoms with van der Waals surface area (Å²) in [5.41, 5.74) is 0.463. The zero-order valence-electron chi connectivity index (χ0n) is 5.03. The molecule has 0 N–H and O–H groups in total. The molecule has 0 radical (unpaired) electrons. The van der Waals surface area contributed by atoms with Crippen molar-refractivity contribution in [2.45, 2.75) is 0 Å². The van der Waals surface area contributed by atoms with E-state index in [1.54, 1.807) is 5.94 Å². The Hall–Kier alpha value is -1.60. The molecule has 0 spiro atoms. The predicted octanol–water partition coefficient (Wildman–Crippen LogP) is 0.937. The monoisotopic (exact) mass is 136 g/mol. The van der Waals surface area contributed by atoms with Crippen LogP contribution in [0.15, 0.2) is 16.7 Å². The molecule has 1 aromatic rings. The van der Waals surface area contributed by atoms with Crippen LogP contribution in [0.5, 0.6) is 0 Å². The van der Waals surface area contributed by atoms with Gasteiger partial charge in [-0.1, -0.05) is 0 Å². The zero-order chi connectivity index (χ0) is 7.40. The maximum absolute atomic E-state index is 10.1. The Labute approximate surface area is 57.0 Å². The van der Waals surface area contributed by atoms with Crippen molar-refractivity contribution in [2.24, 2.45) is 0 Å². The van der Waals surface area contributed by atoms with E-state index in [0.717, 1.165) is 6.08 Å². The van der Waals surface area contributed by atoms with Crippen LogP contribution in [0.25, 0.3) is 6.08 Å². The van der Waals surface area contributed by atoms with Crippen molar-refractivity contribution < 1.29 is 14.0 Å². The van der Waals surface area contributed by atoms with Gasteiger partial charge in [-0.15, -0.1) is 0 Å². The molecule has 0 atom stereocenters. The second-order valence-electron chi connectivity index (χ2n) is 1.62. The molecule has 3 nitrogen and oxygen atoms in total. The normalized spacial score (nSPS) is 8.40. The molecule has 50 valence electrons. The summed E-state index contributed by atoms with van der Waals surface area (Å²) in [5, 5.41) is 0. The number of hydrogen-bond acceptors (Lipinski definition) is 3. The van der Waals surface area contributed by atoms with Gasteiger partial charge in [0.25, 0.3) is 0 Å². The average molecular weight is 136 g/mol. The highest BCUT2D eigenvalue weighted by atomic mass is 16.3. The second kappa shape index (κ2) is 2.80. The summed E-state index contributed by atoms with van der Waals surface area (Å²) in [5.74, 6) is 1.71. The van der Waals surface area contributed by atoms with Gasteiger partial charge >= 0.3 is 0 Å². The highest BCUT2D eigenvalue weighted by Gasteiger charge is 1.99. The maximum atomic E-state index is 10.1. The van der Waals surface area contributed by atoms with Crippen molar-refractivity contribution in [3.8, 4) is 0 Å². The van der Waals surface area contributed by atoms with Gasteiger partial charge in [0.2, 0.25) is 0 Å². The van der Waals surface area contributed by atoms with Gasteiger partial charge in [-0.3, -0.25) is 4.79 Å². The number of carbonyl (C=O) groups excluding carboxylic acids is 2. The van der Waals surface area contributed by atoms with Crippen LogP contribution < -0.4 is 0 Å². The molecule has 0 unspecified atom stereocenters. The van der Waals surface area contributed by atoms with Crippen LogP contribution in [0.4, 0.5) is 0 Å². The summed E-state index contributed by atoms with van der Waals surface area (Å²) in [6.07, 6.45) is 3.03. The third-order valence-electron chi connectivity index (χ3n) is 1.05. The molecule has 1 rings (SSSR count). The molecule has 0 aliphatic heterocycles. The van der Waals surface area contributed by atoms with E-state index in [4.69, 9.17) is 0 Å². The van der Waals surface area contributed by atoms with Crippen molar-refractivity contribution in [3.63, 3.8) is 0 Å². The molecule has 0 aliphatic carbocycles. The van der Waals surface area contributed by atoms with Crippen LogP contribution in [-0.2, 0) is 4.79 Å². The van der Waals surface area contributed by atoms with Gasteiger partial charge < -0.3 is 4.42 Å². The fourth-order valence-corrected chi connectivity index (χ4v) is 0.609. The SMILES string of the molecule is O=C=Cc1ccoc1C=O. The smallest absolute Gasteiger partial charge is 0.185 e. The van der Waals surface area contributed by atoms with Gasteiger partial charge in [0.1, 0.15) is 5.94 Å². The minimum Gasteiger partial charge on any atom is -0.461 e. The lowest BCUT2D eigenvalue weighted by Gasteiger charge is -1.79. The van der Waals surface area contributed by atoms with Crippen LogP contribution in [0.3, 0.4) is 0 Å². The fourth-order valence-electron chi connectivity index (χ4n) is 0.609. The van der Waals surface area contributed by atoms with Crippen LogP contribution in [0.1, 0.15) is 16.1 Å². The van der Waals surface area contributed by atoms with Crippen molar-refractivity contribution >= 4 is 18.3 Å². The van der Waals surface area contributed by atoms with Gasteiger partial charge in [0.05, 0.1) is 6.26 Å². The molecule has 0 saturated heterocycles. The van der Waals surface area contributed by atoms with E-state index in [2.05, 4.69) is 4.42 Å². The molecule has 10 heavy (non-hydrogen) atoms. The van der Waals surface area contributed by atoms with E-state index in [0.29, 0.717) is 11.8 Å². The molecule has 1 heterocycles. The Bertz CT molecular complexity index is 279. The van der Waals surface area contributed by atoms with Crippen molar-refractivity contribution in [3.05, 3.63) is 23.7 Å². The standard InChI is InChI=1S/C7H4O3/c8-3-1-6-2-4-10-7(6)5-9/h1-2,4-5H. The summed E-state index contributed by atoms with van der Waals surface area (Å²) in [7, 11) is 0.